The van der Waals surface area contributed by atoms with Crippen LogP contribution in [-0.4, -0.2) is 6.03 Å². The van der Waals surface area contributed by atoms with E-state index in [-0.39, 0.29) is 10.7 Å². The standard InChI is InChI=1S/C19H14ClFN2OS/c20-14-9-6-10-15(21)18(14)23-19(24)22-16-11-4-5-12-17(16)25-13-7-2-1-3-8-13/h1-12H,(H2,22,23,24). The molecule has 0 aliphatic carbocycles. The average Bonchev–Trinajstić information content (AvgIpc) is 2.61. The Hall–Kier alpha value is -2.50. The van der Waals surface area contributed by atoms with Crippen LogP contribution in [0.3, 0.4) is 0 Å². The van der Waals surface area contributed by atoms with Gasteiger partial charge in [0, 0.05) is 9.79 Å². The second kappa shape index (κ2) is 8.05. The Kier molecular flexibility index (Phi) is 5.58. The SMILES string of the molecule is O=C(Nc1ccccc1Sc1ccccc1)Nc1c(F)cccc1Cl. The van der Waals surface area contributed by atoms with Crippen LogP contribution in [0.2, 0.25) is 5.02 Å². The summed E-state index contributed by atoms with van der Waals surface area (Å²) in [6.07, 6.45) is 0. The summed E-state index contributed by atoms with van der Waals surface area (Å²) in [4.78, 5) is 14.2. The first-order chi connectivity index (χ1) is 12.1. The third kappa shape index (κ3) is 4.53. The van der Waals surface area contributed by atoms with Crippen LogP contribution < -0.4 is 10.6 Å². The summed E-state index contributed by atoms with van der Waals surface area (Å²) < 4.78 is 13.8. The summed E-state index contributed by atoms with van der Waals surface area (Å²) in [5.41, 5.74) is 0.580. The van der Waals surface area contributed by atoms with E-state index < -0.39 is 11.8 Å². The van der Waals surface area contributed by atoms with E-state index in [0.29, 0.717) is 5.69 Å². The lowest BCUT2D eigenvalue weighted by molar-refractivity contribution is 0.262. The van der Waals surface area contributed by atoms with Crippen molar-refractivity contribution in [3.63, 3.8) is 0 Å². The minimum atomic E-state index is -0.588. The summed E-state index contributed by atoms with van der Waals surface area (Å²) in [5, 5.41) is 5.33. The maximum absolute atomic E-state index is 13.8. The number of hydrogen-bond donors (Lipinski definition) is 2. The van der Waals surface area contributed by atoms with Crippen molar-refractivity contribution in [3.8, 4) is 0 Å². The minimum absolute atomic E-state index is 0.0464. The molecule has 0 saturated heterocycles. The molecule has 0 atom stereocenters. The Morgan fingerprint density at radius 2 is 1.60 bits per heavy atom. The molecule has 0 aromatic heterocycles. The molecule has 3 aromatic rings. The van der Waals surface area contributed by atoms with Crippen molar-refractivity contribution < 1.29 is 9.18 Å². The molecule has 2 N–H and O–H groups in total. The number of nitrogens with one attached hydrogen (secondary N) is 2. The summed E-state index contributed by atoms with van der Waals surface area (Å²) in [7, 11) is 0. The second-order valence-electron chi connectivity index (χ2n) is 5.09. The first-order valence-corrected chi connectivity index (χ1v) is 8.67. The molecule has 3 nitrogen and oxygen atoms in total. The number of para-hydroxylation sites is 2. The molecule has 0 spiro atoms. The fourth-order valence-corrected chi connectivity index (χ4v) is 3.29. The Labute approximate surface area is 154 Å². The van der Waals surface area contributed by atoms with E-state index in [1.54, 1.807) is 6.07 Å². The maximum atomic E-state index is 13.8. The largest absolute Gasteiger partial charge is 0.323 e. The molecule has 0 fully saturated rings. The number of benzene rings is 3. The van der Waals surface area contributed by atoms with Crippen LogP contribution in [0.15, 0.2) is 82.6 Å². The van der Waals surface area contributed by atoms with Crippen molar-refractivity contribution in [2.75, 3.05) is 10.6 Å². The van der Waals surface area contributed by atoms with Gasteiger partial charge in [0.1, 0.15) is 5.82 Å². The van der Waals surface area contributed by atoms with E-state index in [0.717, 1.165) is 9.79 Å². The van der Waals surface area contributed by atoms with Crippen molar-refractivity contribution in [1.82, 2.24) is 0 Å². The van der Waals surface area contributed by atoms with Crippen molar-refractivity contribution in [2.24, 2.45) is 0 Å². The minimum Gasteiger partial charge on any atom is -0.307 e. The number of halogens is 2. The predicted molar refractivity (Wildman–Crippen MR) is 101 cm³/mol. The molecule has 25 heavy (non-hydrogen) atoms. The number of urea groups is 1. The zero-order valence-electron chi connectivity index (χ0n) is 13.0. The van der Waals surface area contributed by atoms with Gasteiger partial charge >= 0.3 is 6.03 Å². The molecule has 0 aliphatic rings. The molecule has 0 radical (unpaired) electrons. The van der Waals surface area contributed by atoms with Gasteiger partial charge in [-0.05, 0) is 36.4 Å². The van der Waals surface area contributed by atoms with Crippen LogP contribution in [0.25, 0.3) is 0 Å². The normalized spacial score (nSPS) is 10.3. The maximum Gasteiger partial charge on any atom is 0.323 e. The number of rotatable bonds is 4. The Balaban J connectivity index is 1.76. The highest BCUT2D eigenvalue weighted by Gasteiger charge is 2.12. The fourth-order valence-electron chi connectivity index (χ4n) is 2.16. The predicted octanol–water partition coefficient (Wildman–Crippen LogP) is 6.27. The number of amides is 2. The third-order valence-electron chi connectivity index (χ3n) is 3.31. The van der Waals surface area contributed by atoms with Gasteiger partial charge in [0.2, 0.25) is 0 Å². The summed E-state index contributed by atoms with van der Waals surface area (Å²) in [6, 6.07) is 20.9. The molecule has 0 saturated carbocycles. The first kappa shape index (κ1) is 17.3. The number of carbonyl (C=O) groups excluding carboxylic acids is 1. The number of hydrogen-bond acceptors (Lipinski definition) is 2. The van der Waals surface area contributed by atoms with E-state index in [4.69, 9.17) is 11.6 Å². The zero-order chi connectivity index (χ0) is 17.6. The van der Waals surface area contributed by atoms with E-state index in [1.165, 1.54) is 30.0 Å². The highest BCUT2D eigenvalue weighted by Crippen LogP contribution is 2.33. The van der Waals surface area contributed by atoms with Crippen LogP contribution in [-0.2, 0) is 0 Å². The van der Waals surface area contributed by atoms with Crippen LogP contribution in [0.1, 0.15) is 0 Å². The van der Waals surface area contributed by atoms with Crippen LogP contribution in [0.4, 0.5) is 20.6 Å². The highest BCUT2D eigenvalue weighted by molar-refractivity contribution is 7.99. The third-order valence-corrected chi connectivity index (χ3v) is 4.71. The monoisotopic (exact) mass is 372 g/mol. The molecular weight excluding hydrogens is 359 g/mol. The Morgan fingerprint density at radius 1 is 0.880 bits per heavy atom. The fraction of sp³-hybridized carbons (Fsp3) is 0. The Bertz CT molecular complexity index is 869. The van der Waals surface area contributed by atoms with Gasteiger partial charge in [0.15, 0.2) is 0 Å². The van der Waals surface area contributed by atoms with Gasteiger partial charge in [-0.3, -0.25) is 0 Å². The van der Waals surface area contributed by atoms with Crippen LogP contribution in [0.5, 0.6) is 0 Å². The van der Waals surface area contributed by atoms with Crippen molar-refractivity contribution in [2.45, 2.75) is 9.79 Å². The molecule has 6 heteroatoms. The Morgan fingerprint density at radius 3 is 2.36 bits per heavy atom. The number of anilines is 2. The van der Waals surface area contributed by atoms with Gasteiger partial charge in [0.05, 0.1) is 16.4 Å². The van der Waals surface area contributed by atoms with Gasteiger partial charge in [0.25, 0.3) is 0 Å². The summed E-state index contributed by atoms with van der Waals surface area (Å²) in [6.45, 7) is 0. The van der Waals surface area contributed by atoms with Crippen molar-refractivity contribution in [3.05, 3.63) is 83.6 Å². The van der Waals surface area contributed by atoms with Gasteiger partial charge in [-0.1, -0.05) is 59.8 Å². The average molecular weight is 373 g/mol. The summed E-state index contributed by atoms with van der Waals surface area (Å²) in [5.74, 6) is -0.588. The molecule has 0 aliphatic heterocycles. The van der Waals surface area contributed by atoms with Gasteiger partial charge in [-0.2, -0.15) is 0 Å². The molecule has 3 aromatic carbocycles. The molecule has 3 rings (SSSR count). The quantitative estimate of drug-likeness (QED) is 0.566. The van der Waals surface area contributed by atoms with Crippen LogP contribution >= 0.6 is 23.4 Å². The van der Waals surface area contributed by atoms with E-state index in [2.05, 4.69) is 10.6 Å². The van der Waals surface area contributed by atoms with Gasteiger partial charge in [-0.25, -0.2) is 9.18 Å². The highest BCUT2D eigenvalue weighted by atomic mass is 35.5. The first-order valence-electron chi connectivity index (χ1n) is 7.47. The lowest BCUT2D eigenvalue weighted by Crippen LogP contribution is -2.20. The van der Waals surface area contributed by atoms with Crippen molar-refractivity contribution >= 4 is 40.8 Å². The molecule has 0 unspecified atom stereocenters. The lowest BCUT2D eigenvalue weighted by atomic mass is 10.3. The molecule has 0 bridgehead atoms. The molecule has 126 valence electrons. The van der Waals surface area contributed by atoms with E-state index >= 15 is 0 Å². The summed E-state index contributed by atoms with van der Waals surface area (Å²) >= 11 is 7.45. The molecular formula is C19H14ClFN2OS. The van der Waals surface area contributed by atoms with E-state index in [9.17, 15) is 9.18 Å². The lowest BCUT2D eigenvalue weighted by Gasteiger charge is -2.13. The van der Waals surface area contributed by atoms with Gasteiger partial charge < -0.3 is 10.6 Å². The smallest absolute Gasteiger partial charge is 0.307 e. The molecule has 0 heterocycles. The van der Waals surface area contributed by atoms with Crippen LogP contribution in [0, 0.1) is 5.82 Å². The van der Waals surface area contributed by atoms with Gasteiger partial charge in [-0.15, -0.1) is 0 Å². The zero-order valence-corrected chi connectivity index (χ0v) is 14.6. The molecule has 2 amide bonds. The van der Waals surface area contributed by atoms with E-state index in [1.807, 2.05) is 48.5 Å². The number of carbonyl (C=O) groups is 1. The van der Waals surface area contributed by atoms with Crippen molar-refractivity contribution in [1.29, 1.82) is 0 Å². The second-order valence-corrected chi connectivity index (χ2v) is 6.61. The topological polar surface area (TPSA) is 41.1 Å².